The van der Waals surface area contributed by atoms with Crippen LogP contribution >= 0.6 is 0 Å². The van der Waals surface area contributed by atoms with Crippen LogP contribution in [0.25, 0.3) is 0 Å². The van der Waals surface area contributed by atoms with E-state index in [-0.39, 0.29) is 6.10 Å². The standard InChI is InChI=1S/C14H22N2O/c1-16(2)14(13-5-3-4-10-15-13)11-6-8-12(17)9-7-11/h3-5,10-12,14,17H,6-9H2,1-2H3. The average Bonchev–Trinajstić information content (AvgIpc) is 2.33. The van der Waals surface area contributed by atoms with Gasteiger partial charge in [0.05, 0.1) is 17.8 Å². The Balaban J connectivity index is 2.13. The van der Waals surface area contributed by atoms with Gasteiger partial charge in [-0.15, -0.1) is 0 Å². The molecule has 94 valence electrons. The highest BCUT2D eigenvalue weighted by Crippen LogP contribution is 2.36. The molecule has 1 atom stereocenters. The number of aromatic nitrogens is 1. The zero-order valence-electron chi connectivity index (χ0n) is 10.7. The number of aliphatic hydroxyl groups is 1. The molecule has 0 radical (unpaired) electrons. The van der Waals surface area contributed by atoms with Crippen LogP contribution in [-0.4, -0.2) is 35.2 Å². The van der Waals surface area contributed by atoms with Crippen LogP contribution in [0.1, 0.15) is 37.4 Å². The lowest BCUT2D eigenvalue weighted by molar-refractivity contribution is 0.0767. The van der Waals surface area contributed by atoms with Crippen molar-refractivity contribution in [1.29, 1.82) is 0 Å². The first kappa shape index (κ1) is 12.5. The molecule has 0 amide bonds. The van der Waals surface area contributed by atoms with Crippen molar-refractivity contribution in [2.24, 2.45) is 5.92 Å². The van der Waals surface area contributed by atoms with Gasteiger partial charge in [-0.25, -0.2) is 0 Å². The highest BCUT2D eigenvalue weighted by molar-refractivity contribution is 5.10. The molecule has 3 heteroatoms. The van der Waals surface area contributed by atoms with Crippen molar-refractivity contribution in [1.82, 2.24) is 9.88 Å². The maximum atomic E-state index is 9.59. The number of hydrogen-bond donors (Lipinski definition) is 1. The summed E-state index contributed by atoms with van der Waals surface area (Å²) in [4.78, 5) is 6.75. The van der Waals surface area contributed by atoms with Crippen LogP contribution in [0.15, 0.2) is 24.4 Å². The van der Waals surface area contributed by atoms with Crippen molar-refractivity contribution in [2.45, 2.75) is 37.8 Å². The molecular formula is C14H22N2O. The molecule has 17 heavy (non-hydrogen) atoms. The molecule has 1 aliphatic rings. The van der Waals surface area contributed by atoms with Gasteiger partial charge in [-0.3, -0.25) is 4.98 Å². The van der Waals surface area contributed by atoms with Crippen LogP contribution in [0.2, 0.25) is 0 Å². The van der Waals surface area contributed by atoms with Gasteiger partial charge in [0.1, 0.15) is 0 Å². The Morgan fingerprint density at radius 3 is 2.47 bits per heavy atom. The molecule has 0 spiro atoms. The van der Waals surface area contributed by atoms with Gasteiger partial charge < -0.3 is 10.0 Å². The highest BCUT2D eigenvalue weighted by Gasteiger charge is 2.29. The summed E-state index contributed by atoms with van der Waals surface area (Å²) < 4.78 is 0. The van der Waals surface area contributed by atoms with Crippen LogP contribution in [0.4, 0.5) is 0 Å². The Labute approximate surface area is 103 Å². The van der Waals surface area contributed by atoms with Gasteiger partial charge in [0.2, 0.25) is 0 Å². The van der Waals surface area contributed by atoms with Crippen LogP contribution in [0.3, 0.4) is 0 Å². The Kier molecular flexibility index (Phi) is 4.13. The number of aliphatic hydroxyl groups excluding tert-OH is 1. The maximum absolute atomic E-state index is 9.59. The molecule has 1 aromatic heterocycles. The zero-order chi connectivity index (χ0) is 12.3. The maximum Gasteiger partial charge on any atom is 0.0577 e. The van der Waals surface area contributed by atoms with Crippen LogP contribution < -0.4 is 0 Å². The van der Waals surface area contributed by atoms with E-state index in [1.54, 1.807) is 0 Å². The Bertz CT molecular complexity index is 331. The second-order valence-corrected chi connectivity index (χ2v) is 5.23. The molecule has 0 bridgehead atoms. The molecule has 0 saturated heterocycles. The van der Waals surface area contributed by atoms with Crippen molar-refractivity contribution in [2.75, 3.05) is 14.1 Å². The lowest BCUT2D eigenvalue weighted by atomic mass is 9.81. The third-order valence-electron chi connectivity index (χ3n) is 3.74. The number of nitrogens with zero attached hydrogens (tertiary/aromatic N) is 2. The first-order valence-corrected chi connectivity index (χ1v) is 6.44. The van der Waals surface area contributed by atoms with Gasteiger partial charge >= 0.3 is 0 Å². The van der Waals surface area contributed by atoms with E-state index in [1.807, 2.05) is 12.3 Å². The molecule has 1 aromatic rings. The summed E-state index contributed by atoms with van der Waals surface area (Å²) in [5, 5.41) is 9.59. The van der Waals surface area contributed by atoms with E-state index in [0.29, 0.717) is 12.0 Å². The number of hydrogen-bond acceptors (Lipinski definition) is 3. The fourth-order valence-electron chi connectivity index (χ4n) is 2.90. The molecule has 2 rings (SSSR count). The summed E-state index contributed by atoms with van der Waals surface area (Å²) in [6.07, 6.45) is 5.84. The predicted molar refractivity (Wildman–Crippen MR) is 68.6 cm³/mol. The van der Waals surface area contributed by atoms with Gasteiger partial charge in [-0.05, 0) is 57.8 Å². The molecule has 1 saturated carbocycles. The van der Waals surface area contributed by atoms with Gasteiger partial charge in [-0.1, -0.05) is 6.07 Å². The molecule has 1 N–H and O–H groups in total. The summed E-state index contributed by atoms with van der Waals surface area (Å²) >= 11 is 0. The SMILES string of the molecule is CN(C)C(c1ccccn1)C1CCC(O)CC1. The lowest BCUT2D eigenvalue weighted by Crippen LogP contribution is -2.32. The molecule has 1 fully saturated rings. The summed E-state index contributed by atoms with van der Waals surface area (Å²) in [6, 6.07) is 6.50. The predicted octanol–water partition coefficient (Wildman–Crippen LogP) is 2.24. The van der Waals surface area contributed by atoms with Crippen LogP contribution in [-0.2, 0) is 0 Å². The Morgan fingerprint density at radius 2 is 1.94 bits per heavy atom. The van der Waals surface area contributed by atoms with E-state index >= 15 is 0 Å². The van der Waals surface area contributed by atoms with E-state index in [2.05, 4.69) is 36.1 Å². The summed E-state index contributed by atoms with van der Waals surface area (Å²) in [6.45, 7) is 0. The first-order chi connectivity index (χ1) is 8.18. The van der Waals surface area contributed by atoms with Gasteiger partial charge in [0.25, 0.3) is 0 Å². The second kappa shape index (κ2) is 5.61. The summed E-state index contributed by atoms with van der Waals surface area (Å²) in [5.41, 5.74) is 1.15. The molecule has 1 heterocycles. The minimum atomic E-state index is -0.0854. The molecule has 3 nitrogen and oxygen atoms in total. The van der Waals surface area contributed by atoms with Crippen molar-refractivity contribution in [3.63, 3.8) is 0 Å². The highest BCUT2D eigenvalue weighted by atomic mass is 16.3. The van der Waals surface area contributed by atoms with Gasteiger partial charge in [0.15, 0.2) is 0 Å². The Morgan fingerprint density at radius 1 is 1.24 bits per heavy atom. The third-order valence-corrected chi connectivity index (χ3v) is 3.74. The minimum absolute atomic E-state index is 0.0854. The van der Waals surface area contributed by atoms with Crippen LogP contribution in [0.5, 0.6) is 0 Å². The van der Waals surface area contributed by atoms with E-state index < -0.39 is 0 Å². The van der Waals surface area contributed by atoms with Gasteiger partial charge in [0, 0.05) is 6.20 Å². The largest absolute Gasteiger partial charge is 0.393 e. The second-order valence-electron chi connectivity index (χ2n) is 5.23. The topological polar surface area (TPSA) is 36.4 Å². The minimum Gasteiger partial charge on any atom is -0.393 e. The smallest absolute Gasteiger partial charge is 0.0577 e. The number of rotatable bonds is 3. The van der Waals surface area contributed by atoms with Crippen molar-refractivity contribution >= 4 is 0 Å². The summed E-state index contributed by atoms with van der Waals surface area (Å²) in [5.74, 6) is 0.614. The molecule has 1 aliphatic carbocycles. The van der Waals surface area contributed by atoms with Crippen molar-refractivity contribution in [3.8, 4) is 0 Å². The van der Waals surface area contributed by atoms with E-state index in [9.17, 15) is 5.11 Å². The van der Waals surface area contributed by atoms with E-state index in [1.165, 1.54) is 0 Å². The van der Waals surface area contributed by atoms with Crippen molar-refractivity contribution in [3.05, 3.63) is 30.1 Å². The average molecular weight is 234 g/mol. The third kappa shape index (κ3) is 3.05. The molecule has 0 aliphatic heterocycles. The summed E-state index contributed by atoms with van der Waals surface area (Å²) in [7, 11) is 4.23. The van der Waals surface area contributed by atoms with E-state index in [4.69, 9.17) is 0 Å². The van der Waals surface area contributed by atoms with Crippen molar-refractivity contribution < 1.29 is 5.11 Å². The van der Waals surface area contributed by atoms with Crippen LogP contribution in [0, 0.1) is 5.92 Å². The fraction of sp³-hybridized carbons (Fsp3) is 0.643. The monoisotopic (exact) mass is 234 g/mol. The molecule has 1 unspecified atom stereocenters. The normalized spacial score (nSPS) is 27.1. The Hall–Kier alpha value is -0.930. The lowest BCUT2D eigenvalue weighted by Gasteiger charge is -2.35. The number of pyridine rings is 1. The zero-order valence-corrected chi connectivity index (χ0v) is 10.7. The first-order valence-electron chi connectivity index (χ1n) is 6.44. The van der Waals surface area contributed by atoms with E-state index in [0.717, 1.165) is 31.4 Å². The molecule has 0 aromatic carbocycles. The fourth-order valence-corrected chi connectivity index (χ4v) is 2.90. The van der Waals surface area contributed by atoms with Gasteiger partial charge in [-0.2, -0.15) is 0 Å². The quantitative estimate of drug-likeness (QED) is 0.871. The molecular weight excluding hydrogens is 212 g/mol.